The number of nitrogens with two attached hydrogens (primary N) is 1. The van der Waals surface area contributed by atoms with Crippen molar-refractivity contribution in [1.29, 1.82) is 0 Å². The third-order valence-corrected chi connectivity index (χ3v) is 3.19. The summed E-state index contributed by atoms with van der Waals surface area (Å²) in [5.74, 6) is 0. The summed E-state index contributed by atoms with van der Waals surface area (Å²) < 4.78 is 2.71. The SMILES string of the molecule is CC(C)n1nc(I)c2c(N)cnc(Cl)c21. The van der Waals surface area contributed by atoms with Crippen molar-refractivity contribution in [3.8, 4) is 0 Å². The summed E-state index contributed by atoms with van der Waals surface area (Å²) >= 11 is 8.22. The van der Waals surface area contributed by atoms with Gasteiger partial charge in [-0.05, 0) is 36.4 Å². The predicted octanol–water partition coefficient (Wildman–Crippen LogP) is 2.85. The van der Waals surface area contributed by atoms with Crippen LogP contribution in [0.2, 0.25) is 5.15 Å². The van der Waals surface area contributed by atoms with Crippen LogP contribution in [0.4, 0.5) is 5.69 Å². The summed E-state index contributed by atoms with van der Waals surface area (Å²) in [4.78, 5) is 4.04. The molecule has 0 atom stereocenters. The maximum absolute atomic E-state index is 6.06. The van der Waals surface area contributed by atoms with Crippen LogP contribution in [0.3, 0.4) is 0 Å². The van der Waals surface area contributed by atoms with Gasteiger partial charge in [0.25, 0.3) is 0 Å². The summed E-state index contributed by atoms with van der Waals surface area (Å²) in [5, 5.41) is 5.75. The molecule has 2 aromatic heterocycles. The zero-order valence-corrected chi connectivity index (χ0v) is 11.2. The molecule has 0 amide bonds. The number of halogens is 2. The Hall–Kier alpha value is -0.560. The van der Waals surface area contributed by atoms with Gasteiger partial charge in [0.2, 0.25) is 0 Å². The van der Waals surface area contributed by atoms with E-state index in [2.05, 4.69) is 32.7 Å². The zero-order valence-electron chi connectivity index (χ0n) is 8.33. The fourth-order valence-corrected chi connectivity index (χ4v) is 2.52. The van der Waals surface area contributed by atoms with Crippen molar-refractivity contribution in [1.82, 2.24) is 14.8 Å². The van der Waals surface area contributed by atoms with Crippen LogP contribution in [0, 0.1) is 3.70 Å². The number of anilines is 1. The largest absolute Gasteiger partial charge is 0.397 e. The van der Waals surface area contributed by atoms with E-state index < -0.39 is 0 Å². The van der Waals surface area contributed by atoms with Crippen molar-refractivity contribution in [3.05, 3.63) is 15.1 Å². The van der Waals surface area contributed by atoms with E-state index in [1.807, 2.05) is 18.5 Å². The highest BCUT2D eigenvalue weighted by Crippen LogP contribution is 2.31. The van der Waals surface area contributed by atoms with Crippen LogP contribution in [0.25, 0.3) is 10.9 Å². The minimum Gasteiger partial charge on any atom is -0.397 e. The fraction of sp³-hybridized carbons (Fsp3) is 0.333. The van der Waals surface area contributed by atoms with Gasteiger partial charge in [0.05, 0.1) is 17.3 Å². The second-order valence-electron chi connectivity index (χ2n) is 3.56. The van der Waals surface area contributed by atoms with E-state index in [1.54, 1.807) is 6.20 Å². The number of hydrogen-bond acceptors (Lipinski definition) is 3. The summed E-state index contributed by atoms with van der Waals surface area (Å²) in [6.07, 6.45) is 1.57. The Labute approximate surface area is 106 Å². The van der Waals surface area contributed by atoms with E-state index in [4.69, 9.17) is 17.3 Å². The Morgan fingerprint density at radius 2 is 2.20 bits per heavy atom. The number of rotatable bonds is 1. The van der Waals surface area contributed by atoms with Crippen molar-refractivity contribution in [3.63, 3.8) is 0 Å². The van der Waals surface area contributed by atoms with Gasteiger partial charge in [-0.25, -0.2) is 4.98 Å². The van der Waals surface area contributed by atoms with E-state index >= 15 is 0 Å². The van der Waals surface area contributed by atoms with Crippen molar-refractivity contribution in [2.45, 2.75) is 19.9 Å². The maximum atomic E-state index is 6.06. The highest BCUT2D eigenvalue weighted by molar-refractivity contribution is 14.1. The van der Waals surface area contributed by atoms with Gasteiger partial charge in [0, 0.05) is 6.04 Å². The molecule has 4 nitrogen and oxygen atoms in total. The van der Waals surface area contributed by atoms with E-state index in [1.165, 1.54) is 0 Å². The lowest BCUT2D eigenvalue weighted by Crippen LogP contribution is -2.03. The molecule has 0 radical (unpaired) electrons. The number of aromatic nitrogens is 3. The molecule has 0 aromatic carbocycles. The van der Waals surface area contributed by atoms with E-state index in [0.29, 0.717) is 10.8 Å². The second-order valence-corrected chi connectivity index (χ2v) is 4.94. The third-order valence-electron chi connectivity index (χ3n) is 2.16. The van der Waals surface area contributed by atoms with Gasteiger partial charge < -0.3 is 5.73 Å². The van der Waals surface area contributed by atoms with Crippen LogP contribution in [0.5, 0.6) is 0 Å². The van der Waals surface area contributed by atoms with Crippen LogP contribution in [0.1, 0.15) is 19.9 Å². The second kappa shape index (κ2) is 3.79. The standard InChI is InChI=1S/C9H10ClIN4/c1-4(2)15-7-6(9(11)14-15)5(12)3-13-8(7)10/h3-4H,12H2,1-2H3. The molecule has 80 valence electrons. The van der Waals surface area contributed by atoms with Crippen LogP contribution >= 0.6 is 34.2 Å². The molecule has 0 saturated carbocycles. The molecule has 2 aromatic rings. The Balaban J connectivity index is 2.92. The molecule has 0 aliphatic carbocycles. The number of hydrogen-bond donors (Lipinski definition) is 1. The smallest absolute Gasteiger partial charge is 0.155 e. The number of nitrogen functional groups attached to an aromatic ring is 1. The lowest BCUT2D eigenvalue weighted by Gasteiger charge is -2.07. The Kier molecular flexibility index (Phi) is 2.76. The number of fused-ring (bicyclic) bond motifs is 1. The minimum absolute atomic E-state index is 0.233. The topological polar surface area (TPSA) is 56.7 Å². The predicted molar refractivity (Wildman–Crippen MR) is 70.1 cm³/mol. The lowest BCUT2D eigenvalue weighted by atomic mass is 10.3. The van der Waals surface area contributed by atoms with Crippen molar-refractivity contribution >= 4 is 50.8 Å². The average molecular weight is 337 g/mol. The monoisotopic (exact) mass is 336 g/mol. The molecule has 0 unspecified atom stereocenters. The first-order valence-electron chi connectivity index (χ1n) is 4.50. The van der Waals surface area contributed by atoms with Gasteiger partial charge >= 0.3 is 0 Å². The summed E-state index contributed by atoms with van der Waals surface area (Å²) in [6.45, 7) is 4.09. The fourth-order valence-electron chi connectivity index (χ4n) is 1.49. The van der Waals surface area contributed by atoms with E-state index in [-0.39, 0.29) is 6.04 Å². The molecular formula is C9H10ClIN4. The Bertz CT molecular complexity index is 520. The molecular weight excluding hydrogens is 326 g/mol. The molecule has 0 bridgehead atoms. The molecule has 2 heterocycles. The quantitative estimate of drug-likeness (QED) is 0.643. The number of pyridine rings is 1. The van der Waals surface area contributed by atoms with E-state index in [9.17, 15) is 0 Å². The Morgan fingerprint density at radius 1 is 1.53 bits per heavy atom. The highest BCUT2D eigenvalue weighted by Gasteiger charge is 2.16. The van der Waals surface area contributed by atoms with Gasteiger partial charge in [-0.2, -0.15) is 5.10 Å². The molecule has 2 rings (SSSR count). The van der Waals surface area contributed by atoms with Crippen LogP contribution in [0.15, 0.2) is 6.20 Å². The molecule has 15 heavy (non-hydrogen) atoms. The molecule has 0 aliphatic heterocycles. The van der Waals surface area contributed by atoms with Gasteiger partial charge in [-0.15, -0.1) is 0 Å². The molecule has 0 aliphatic rings. The minimum atomic E-state index is 0.233. The lowest BCUT2D eigenvalue weighted by molar-refractivity contribution is 0.547. The molecule has 6 heteroatoms. The van der Waals surface area contributed by atoms with Gasteiger partial charge in [-0.3, -0.25) is 4.68 Å². The van der Waals surface area contributed by atoms with Crippen LogP contribution < -0.4 is 5.73 Å². The summed E-state index contributed by atoms with van der Waals surface area (Å²) in [7, 11) is 0. The van der Waals surface area contributed by atoms with Crippen molar-refractivity contribution < 1.29 is 0 Å². The van der Waals surface area contributed by atoms with Gasteiger partial charge in [0.15, 0.2) is 5.15 Å². The first kappa shape index (κ1) is 10.9. The first-order chi connectivity index (χ1) is 7.02. The third kappa shape index (κ3) is 1.67. The van der Waals surface area contributed by atoms with Crippen LogP contribution in [-0.4, -0.2) is 14.8 Å². The maximum Gasteiger partial charge on any atom is 0.155 e. The average Bonchev–Trinajstić information content (AvgIpc) is 2.51. The van der Waals surface area contributed by atoms with Crippen molar-refractivity contribution in [2.75, 3.05) is 5.73 Å². The van der Waals surface area contributed by atoms with E-state index in [0.717, 1.165) is 14.6 Å². The number of nitrogens with zero attached hydrogens (tertiary/aromatic N) is 3. The molecule has 2 N–H and O–H groups in total. The zero-order chi connectivity index (χ0) is 11.2. The Morgan fingerprint density at radius 3 is 2.80 bits per heavy atom. The first-order valence-corrected chi connectivity index (χ1v) is 5.95. The molecule has 0 saturated heterocycles. The summed E-state index contributed by atoms with van der Waals surface area (Å²) in [6, 6.07) is 0.233. The van der Waals surface area contributed by atoms with Crippen molar-refractivity contribution in [2.24, 2.45) is 0 Å². The van der Waals surface area contributed by atoms with Crippen LogP contribution in [-0.2, 0) is 0 Å². The van der Waals surface area contributed by atoms with Gasteiger partial charge in [-0.1, -0.05) is 11.6 Å². The highest BCUT2D eigenvalue weighted by atomic mass is 127. The molecule has 0 spiro atoms. The summed E-state index contributed by atoms with van der Waals surface area (Å²) in [5.41, 5.74) is 7.29. The van der Waals surface area contributed by atoms with Gasteiger partial charge in [0.1, 0.15) is 9.22 Å². The normalized spacial score (nSPS) is 11.5. The molecule has 0 fully saturated rings.